The Hall–Kier alpha value is -2.08. The lowest BCUT2D eigenvalue weighted by Gasteiger charge is -2.10. The Kier molecular flexibility index (Phi) is 4.47. The number of H-pyrrole nitrogens is 1. The number of nitrogens with two attached hydrogens (primary N) is 1. The summed E-state index contributed by atoms with van der Waals surface area (Å²) >= 11 is 1.18. The summed E-state index contributed by atoms with van der Waals surface area (Å²) in [6, 6.07) is 5.19. The number of rotatable bonds is 4. The van der Waals surface area contributed by atoms with E-state index in [0.717, 1.165) is 22.3 Å². The van der Waals surface area contributed by atoms with Gasteiger partial charge in [0.25, 0.3) is 5.56 Å². The van der Waals surface area contributed by atoms with Gasteiger partial charge in [0.05, 0.1) is 5.75 Å². The van der Waals surface area contributed by atoms with Gasteiger partial charge in [0.2, 0.25) is 0 Å². The molecule has 0 amide bonds. The van der Waals surface area contributed by atoms with Crippen molar-refractivity contribution < 1.29 is 4.79 Å². The molecule has 110 valence electrons. The lowest BCUT2D eigenvalue weighted by atomic mass is 9.97. The van der Waals surface area contributed by atoms with Gasteiger partial charge in [0.15, 0.2) is 10.9 Å². The molecule has 0 aliphatic heterocycles. The summed E-state index contributed by atoms with van der Waals surface area (Å²) in [5, 5.41) is 0.357. The fraction of sp³-hybridized carbons (Fsp3) is 0.267. The van der Waals surface area contributed by atoms with Crippen LogP contribution in [0.5, 0.6) is 0 Å². The molecule has 0 aliphatic rings. The van der Waals surface area contributed by atoms with Crippen molar-refractivity contribution in [2.75, 3.05) is 11.5 Å². The average Bonchev–Trinajstić information content (AvgIpc) is 2.34. The first kappa shape index (κ1) is 15.3. The third kappa shape index (κ3) is 3.72. The number of nitrogens with zero attached hydrogens (tertiary/aromatic N) is 1. The molecule has 5 nitrogen and oxygen atoms in total. The predicted octanol–water partition coefficient (Wildman–Crippen LogP) is 2.25. The van der Waals surface area contributed by atoms with Crippen LogP contribution in [0.25, 0.3) is 0 Å². The molecule has 0 spiro atoms. The predicted molar refractivity (Wildman–Crippen MR) is 85.0 cm³/mol. The SMILES string of the molecule is Cc1cc(C)c(C(=O)CSc2nc(N)cc(=O)[nH]2)c(C)c1. The number of hydrogen-bond donors (Lipinski definition) is 2. The zero-order valence-corrected chi connectivity index (χ0v) is 13.0. The van der Waals surface area contributed by atoms with E-state index in [2.05, 4.69) is 9.97 Å². The molecule has 0 fully saturated rings. The summed E-state index contributed by atoms with van der Waals surface area (Å²) in [4.78, 5) is 30.2. The van der Waals surface area contributed by atoms with Crippen LogP contribution < -0.4 is 11.3 Å². The second kappa shape index (κ2) is 6.13. The van der Waals surface area contributed by atoms with E-state index in [1.165, 1.54) is 17.8 Å². The highest BCUT2D eigenvalue weighted by atomic mass is 32.2. The van der Waals surface area contributed by atoms with E-state index < -0.39 is 0 Å². The minimum atomic E-state index is -0.319. The maximum absolute atomic E-state index is 12.4. The highest BCUT2D eigenvalue weighted by Crippen LogP contribution is 2.20. The maximum Gasteiger partial charge on any atom is 0.253 e. The van der Waals surface area contributed by atoms with Crippen LogP contribution in [-0.2, 0) is 0 Å². The van der Waals surface area contributed by atoms with Crippen molar-refractivity contribution in [3.8, 4) is 0 Å². The third-order valence-electron chi connectivity index (χ3n) is 3.04. The Bertz CT molecular complexity index is 730. The van der Waals surface area contributed by atoms with Crippen LogP contribution in [0.1, 0.15) is 27.0 Å². The molecule has 6 heteroatoms. The molecule has 0 atom stereocenters. The second-order valence-corrected chi connectivity index (χ2v) is 5.93. The van der Waals surface area contributed by atoms with Crippen molar-refractivity contribution in [2.24, 2.45) is 0 Å². The number of aryl methyl sites for hydroxylation is 3. The van der Waals surface area contributed by atoms with Crippen molar-refractivity contribution in [3.05, 3.63) is 50.8 Å². The molecule has 1 aromatic carbocycles. The Morgan fingerprint density at radius 1 is 1.24 bits per heavy atom. The van der Waals surface area contributed by atoms with Gasteiger partial charge >= 0.3 is 0 Å². The van der Waals surface area contributed by atoms with Crippen LogP contribution in [0.3, 0.4) is 0 Å². The van der Waals surface area contributed by atoms with Gasteiger partial charge in [-0.1, -0.05) is 29.5 Å². The molecule has 0 bridgehead atoms. The van der Waals surface area contributed by atoms with E-state index in [1.807, 2.05) is 32.9 Å². The van der Waals surface area contributed by atoms with Crippen molar-refractivity contribution in [1.29, 1.82) is 0 Å². The number of nitrogen functional groups attached to an aromatic ring is 1. The summed E-state index contributed by atoms with van der Waals surface area (Å²) in [7, 11) is 0. The van der Waals surface area contributed by atoms with Gasteiger partial charge < -0.3 is 10.7 Å². The monoisotopic (exact) mass is 303 g/mol. The molecule has 1 heterocycles. The number of carbonyl (C=O) groups excluding carboxylic acids is 1. The number of benzene rings is 1. The van der Waals surface area contributed by atoms with Crippen LogP contribution in [0.15, 0.2) is 28.2 Å². The van der Waals surface area contributed by atoms with Crippen LogP contribution in [0, 0.1) is 20.8 Å². The second-order valence-electron chi connectivity index (χ2n) is 4.96. The van der Waals surface area contributed by atoms with Gasteiger partial charge in [-0.15, -0.1) is 0 Å². The molecule has 0 saturated carbocycles. The highest BCUT2D eigenvalue weighted by molar-refractivity contribution is 7.99. The summed E-state index contributed by atoms with van der Waals surface area (Å²) < 4.78 is 0. The maximum atomic E-state index is 12.4. The first-order chi connectivity index (χ1) is 9.86. The largest absolute Gasteiger partial charge is 0.383 e. The van der Waals surface area contributed by atoms with E-state index in [-0.39, 0.29) is 22.9 Å². The van der Waals surface area contributed by atoms with Crippen LogP contribution in [0.2, 0.25) is 0 Å². The Morgan fingerprint density at radius 3 is 2.43 bits per heavy atom. The lowest BCUT2D eigenvalue weighted by molar-refractivity contribution is 0.102. The van der Waals surface area contributed by atoms with Crippen LogP contribution in [0.4, 0.5) is 5.82 Å². The Labute approximate surface area is 127 Å². The molecule has 2 aromatic rings. The molecule has 2 rings (SSSR count). The average molecular weight is 303 g/mol. The molecule has 3 N–H and O–H groups in total. The molecule has 0 radical (unpaired) electrons. The number of ketones is 1. The smallest absolute Gasteiger partial charge is 0.253 e. The van der Waals surface area contributed by atoms with Gasteiger partial charge in [-0.3, -0.25) is 9.59 Å². The van der Waals surface area contributed by atoms with Crippen molar-refractivity contribution >= 4 is 23.4 Å². The summed E-state index contributed by atoms with van der Waals surface area (Å²) in [5.74, 6) is 0.369. The third-order valence-corrected chi connectivity index (χ3v) is 3.91. The van der Waals surface area contributed by atoms with Crippen molar-refractivity contribution in [1.82, 2.24) is 9.97 Å². The molecule has 0 saturated heterocycles. The topological polar surface area (TPSA) is 88.8 Å². The summed E-state index contributed by atoms with van der Waals surface area (Å²) in [6.07, 6.45) is 0. The Balaban J connectivity index is 2.17. The number of nitrogens with one attached hydrogen (secondary N) is 1. The van der Waals surface area contributed by atoms with Crippen molar-refractivity contribution in [3.63, 3.8) is 0 Å². The molecule has 1 aromatic heterocycles. The minimum absolute atomic E-state index is 0.0140. The fourth-order valence-corrected chi connectivity index (χ4v) is 3.10. The number of Topliss-reactive ketones (excluding diaryl/α,β-unsaturated/α-hetero) is 1. The standard InChI is InChI=1S/C15H17N3O2S/c1-8-4-9(2)14(10(3)5-8)11(19)7-21-15-17-12(16)6-13(20)18-15/h4-6H,7H2,1-3H3,(H3,16,17,18,20). The van der Waals surface area contributed by atoms with Gasteiger partial charge in [0, 0.05) is 11.6 Å². The lowest BCUT2D eigenvalue weighted by Crippen LogP contribution is -2.12. The molecule has 0 aliphatic carbocycles. The van der Waals surface area contributed by atoms with E-state index in [0.29, 0.717) is 5.16 Å². The van der Waals surface area contributed by atoms with Crippen molar-refractivity contribution in [2.45, 2.75) is 25.9 Å². The summed E-state index contributed by atoms with van der Waals surface area (Å²) in [5.41, 5.74) is 8.99. The minimum Gasteiger partial charge on any atom is -0.383 e. The zero-order chi connectivity index (χ0) is 15.6. The van der Waals surface area contributed by atoms with Crippen LogP contribution in [-0.4, -0.2) is 21.5 Å². The molecular formula is C15H17N3O2S. The number of anilines is 1. The van der Waals surface area contributed by atoms with Crippen LogP contribution >= 0.6 is 11.8 Å². The first-order valence-corrected chi connectivity index (χ1v) is 7.46. The van der Waals surface area contributed by atoms with Gasteiger partial charge in [-0.25, -0.2) is 4.98 Å². The highest BCUT2D eigenvalue weighted by Gasteiger charge is 2.14. The van der Waals surface area contributed by atoms with E-state index in [1.54, 1.807) is 0 Å². The van der Waals surface area contributed by atoms with E-state index >= 15 is 0 Å². The molecule has 0 unspecified atom stereocenters. The normalized spacial score (nSPS) is 10.6. The molecule has 21 heavy (non-hydrogen) atoms. The van der Waals surface area contributed by atoms with Gasteiger partial charge in [-0.2, -0.15) is 0 Å². The Morgan fingerprint density at radius 2 is 1.86 bits per heavy atom. The van der Waals surface area contributed by atoms with Gasteiger partial charge in [0.1, 0.15) is 5.82 Å². The molecular weight excluding hydrogens is 286 g/mol. The van der Waals surface area contributed by atoms with E-state index in [9.17, 15) is 9.59 Å². The zero-order valence-electron chi connectivity index (χ0n) is 12.2. The number of hydrogen-bond acceptors (Lipinski definition) is 5. The number of thioether (sulfide) groups is 1. The van der Waals surface area contributed by atoms with E-state index in [4.69, 9.17) is 5.73 Å². The number of carbonyl (C=O) groups is 1. The number of aromatic nitrogens is 2. The number of aromatic amines is 1. The van der Waals surface area contributed by atoms with Gasteiger partial charge in [-0.05, 0) is 31.9 Å². The fourth-order valence-electron chi connectivity index (χ4n) is 2.35. The summed E-state index contributed by atoms with van der Waals surface area (Å²) in [6.45, 7) is 5.86. The first-order valence-electron chi connectivity index (χ1n) is 6.47. The quantitative estimate of drug-likeness (QED) is 0.514.